The molecule has 1 aliphatic rings. The lowest BCUT2D eigenvalue weighted by molar-refractivity contribution is 0.251. The second kappa shape index (κ2) is 6.18. The number of ether oxygens (including phenoxy) is 1. The molecule has 21 heavy (non-hydrogen) atoms. The van der Waals surface area contributed by atoms with E-state index in [1.807, 2.05) is 6.07 Å². The van der Waals surface area contributed by atoms with Gasteiger partial charge in [-0.1, -0.05) is 30.3 Å². The molecule has 0 bridgehead atoms. The molecule has 0 radical (unpaired) electrons. The zero-order valence-electron chi connectivity index (χ0n) is 12.0. The Kier molecular flexibility index (Phi) is 4.29. The lowest BCUT2D eigenvalue weighted by Gasteiger charge is -2.37. The summed E-state index contributed by atoms with van der Waals surface area (Å²) < 4.78 is 19.4. The molecule has 1 nitrogen and oxygen atoms in total. The molecule has 3 heteroatoms. The van der Waals surface area contributed by atoms with E-state index >= 15 is 0 Å². The minimum Gasteiger partial charge on any atom is -0.496 e. The highest BCUT2D eigenvalue weighted by Crippen LogP contribution is 2.45. The Balaban J connectivity index is 1.80. The summed E-state index contributed by atoms with van der Waals surface area (Å²) in [6.07, 6.45) is 3.39. The van der Waals surface area contributed by atoms with Gasteiger partial charge in [0.25, 0.3) is 0 Å². The quantitative estimate of drug-likeness (QED) is 0.725. The first kappa shape index (κ1) is 14.6. The van der Waals surface area contributed by atoms with Crippen LogP contribution in [0.1, 0.15) is 29.9 Å². The maximum atomic E-state index is 13.6. The minimum absolute atomic E-state index is 0.274. The Hall–Kier alpha value is -1.35. The molecule has 1 fully saturated rings. The number of hydrogen-bond donors (Lipinski definition) is 0. The third kappa shape index (κ3) is 2.98. The first-order valence-electron chi connectivity index (χ1n) is 7.26. The topological polar surface area (TPSA) is 9.23 Å². The van der Waals surface area contributed by atoms with Crippen LogP contribution in [-0.4, -0.2) is 7.11 Å². The lowest BCUT2D eigenvalue weighted by atomic mass is 9.67. The second-order valence-electron chi connectivity index (χ2n) is 5.64. The van der Waals surface area contributed by atoms with Gasteiger partial charge in [0.15, 0.2) is 0 Å². The normalized spacial score (nSPS) is 20.9. The monoisotopic (exact) mass is 348 g/mol. The van der Waals surface area contributed by atoms with Crippen LogP contribution in [0.5, 0.6) is 5.75 Å². The van der Waals surface area contributed by atoms with E-state index in [0.717, 1.165) is 12.0 Å². The molecular weight excluding hydrogens is 331 g/mol. The first-order valence-corrected chi connectivity index (χ1v) is 8.05. The molecule has 1 saturated carbocycles. The van der Waals surface area contributed by atoms with Crippen LogP contribution in [0.2, 0.25) is 0 Å². The van der Waals surface area contributed by atoms with Crippen LogP contribution in [0.15, 0.2) is 46.9 Å². The molecule has 110 valence electrons. The first-order chi connectivity index (χ1) is 10.2. The van der Waals surface area contributed by atoms with Crippen LogP contribution in [0.25, 0.3) is 0 Å². The Morgan fingerprint density at radius 1 is 1.19 bits per heavy atom. The number of rotatable bonds is 4. The van der Waals surface area contributed by atoms with Crippen molar-refractivity contribution in [1.82, 2.24) is 0 Å². The van der Waals surface area contributed by atoms with E-state index in [9.17, 15) is 4.39 Å². The molecule has 0 spiro atoms. The van der Waals surface area contributed by atoms with E-state index in [1.165, 1.54) is 24.5 Å². The van der Waals surface area contributed by atoms with Crippen molar-refractivity contribution in [3.8, 4) is 5.75 Å². The van der Waals surface area contributed by atoms with Gasteiger partial charge in [-0.05, 0) is 64.2 Å². The third-order valence-electron chi connectivity index (χ3n) is 4.45. The largest absolute Gasteiger partial charge is 0.496 e. The van der Waals surface area contributed by atoms with E-state index in [-0.39, 0.29) is 5.82 Å². The highest BCUT2D eigenvalue weighted by molar-refractivity contribution is 9.10. The molecule has 0 N–H and O–H groups in total. The summed E-state index contributed by atoms with van der Waals surface area (Å²) in [5, 5.41) is 0. The Morgan fingerprint density at radius 2 is 1.95 bits per heavy atom. The van der Waals surface area contributed by atoms with Gasteiger partial charge in [-0.3, -0.25) is 0 Å². The average Bonchev–Trinajstić information content (AvgIpc) is 2.47. The Morgan fingerprint density at radius 3 is 2.57 bits per heavy atom. The zero-order valence-corrected chi connectivity index (χ0v) is 13.6. The molecule has 2 aromatic rings. The summed E-state index contributed by atoms with van der Waals surface area (Å²) in [5.41, 5.74) is 2.49. The summed E-state index contributed by atoms with van der Waals surface area (Å²) in [7, 11) is 1.60. The SMILES string of the molecule is COc1cc(F)c(Br)cc1CC1CCC1c1ccccc1. The molecular formula is C18H18BrFO. The molecule has 2 unspecified atom stereocenters. The maximum Gasteiger partial charge on any atom is 0.141 e. The third-order valence-corrected chi connectivity index (χ3v) is 5.06. The number of hydrogen-bond acceptors (Lipinski definition) is 1. The lowest BCUT2D eigenvalue weighted by Crippen LogP contribution is -2.26. The van der Waals surface area contributed by atoms with Crippen molar-refractivity contribution in [1.29, 1.82) is 0 Å². The number of benzene rings is 2. The summed E-state index contributed by atoms with van der Waals surface area (Å²) in [6.45, 7) is 0. The van der Waals surface area contributed by atoms with Gasteiger partial charge in [-0.2, -0.15) is 0 Å². The van der Waals surface area contributed by atoms with Gasteiger partial charge >= 0.3 is 0 Å². The summed E-state index contributed by atoms with van der Waals surface area (Å²) in [4.78, 5) is 0. The van der Waals surface area contributed by atoms with Gasteiger partial charge < -0.3 is 4.74 Å². The summed E-state index contributed by atoms with van der Waals surface area (Å²) >= 11 is 3.27. The number of halogens is 2. The summed E-state index contributed by atoms with van der Waals surface area (Å²) in [6, 6.07) is 14.0. The fourth-order valence-electron chi connectivity index (χ4n) is 3.15. The molecule has 2 aromatic carbocycles. The average molecular weight is 349 g/mol. The molecule has 0 heterocycles. The van der Waals surface area contributed by atoms with Crippen LogP contribution in [0.3, 0.4) is 0 Å². The Labute approximate surface area is 133 Å². The van der Waals surface area contributed by atoms with Crippen molar-refractivity contribution in [2.45, 2.75) is 25.2 Å². The smallest absolute Gasteiger partial charge is 0.141 e. The zero-order chi connectivity index (χ0) is 14.8. The van der Waals surface area contributed by atoms with Crippen molar-refractivity contribution in [2.75, 3.05) is 7.11 Å². The molecule has 3 rings (SSSR count). The van der Waals surface area contributed by atoms with E-state index in [2.05, 4.69) is 46.3 Å². The van der Waals surface area contributed by atoms with E-state index < -0.39 is 0 Å². The van der Waals surface area contributed by atoms with Crippen molar-refractivity contribution >= 4 is 15.9 Å². The van der Waals surface area contributed by atoms with Crippen LogP contribution in [-0.2, 0) is 6.42 Å². The van der Waals surface area contributed by atoms with Gasteiger partial charge in [0.1, 0.15) is 11.6 Å². The van der Waals surface area contributed by atoms with Crippen molar-refractivity contribution in [3.63, 3.8) is 0 Å². The molecule has 0 saturated heterocycles. The van der Waals surface area contributed by atoms with Gasteiger partial charge in [0.05, 0.1) is 11.6 Å². The van der Waals surface area contributed by atoms with Crippen molar-refractivity contribution in [2.24, 2.45) is 5.92 Å². The minimum atomic E-state index is -0.274. The standard InChI is InChI=1S/C18H18BrFO/c1-21-18-11-17(20)16(19)10-14(18)9-13-7-8-15(13)12-5-3-2-4-6-12/h2-6,10-11,13,15H,7-9H2,1H3. The van der Waals surface area contributed by atoms with Crippen LogP contribution >= 0.6 is 15.9 Å². The molecule has 0 amide bonds. The van der Waals surface area contributed by atoms with Crippen LogP contribution in [0.4, 0.5) is 4.39 Å². The van der Waals surface area contributed by atoms with E-state index in [1.54, 1.807) is 7.11 Å². The van der Waals surface area contributed by atoms with Gasteiger partial charge in [0, 0.05) is 6.07 Å². The fourth-order valence-corrected chi connectivity index (χ4v) is 3.54. The van der Waals surface area contributed by atoms with E-state index in [4.69, 9.17) is 4.74 Å². The highest BCUT2D eigenvalue weighted by Gasteiger charge is 2.32. The highest BCUT2D eigenvalue weighted by atomic mass is 79.9. The van der Waals surface area contributed by atoms with Gasteiger partial charge in [0.2, 0.25) is 0 Å². The van der Waals surface area contributed by atoms with E-state index in [0.29, 0.717) is 22.1 Å². The fraction of sp³-hybridized carbons (Fsp3) is 0.333. The second-order valence-corrected chi connectivity index (χ2v) is 6.49. The van der Waals surface area contributed by atoms with Crippen LogP contribution in [0, 0.1) is 11.7 Å². The number of methoxy groups -OCH3 is 1. The molecule has 2 atom stereocenters. The maximum absolute atomic E-state index is 13.6. The van der Waals surface area contributed by atoms with Gasteiger partial charge in [-0.15, -0.1) is 0 Å². The van der Waals surface area contributed by atoms with Crippen molar-refractivity contribution < 1.29 is 9.13 Å². The predicted octanol–water partition coefficient (Wildman–Crippen LogP) is 5.33. The Bertz CT molecular complexity index is 627. The summed E-state index contributed by atoms with van der Waals surface area (Å²) in [5.74, 6) is 1.59. The predicted molar refractivity (Wildman–Crippen MR) is 86.3 cm³/mol. The molecule has 0 aromatic heterocycles. The van der Waals surface area contributed by atoms with Crippen molar-refractivity contribution in [3.05, 3.63) is 63.9 Å². The van der Waals surface area contributed by atoms with Gasteiger partial charge in [-0.25, -0.2) is 4.39 Å². The molecule has 1 aliphatic carbocycles. The molecule has 0 aliphatic heterocycles. The van der Waals surface area contributed by atoms with Crippen LogP contribution < -0.4 is 4.74 Å².